The highest BCUT2D eigenvalue weighted by Crippen LogP contribution is 2.39. The van der Waals surface area contributed by atoms with Gasteiger partial charge in [-0.3, -0.25) is 0 Å². The number of hydrogen-bond donors (Lipinski definition) is 1. The zero-order chi connectivity index (χ0) is 12.8. The van der Waals surface area contributed by atoms with Crippen molar-refractivity contribution in [3.8, 4) is 11.1 Å². The van der Waals surface area contributed by atoms with Gasteiger partial charge in [-0.1, -0.05) is 12.1 Å². The summed E-state index contributed by atoms with van der Waals surface area (Å²) < 4.78 is 0. The fraction of sp³-hybridized carbons (Fsp3) is 0.294. The van der Waals surface area contributed by atoms with Crippen LogP contribution in [0.3, 0.4) is 0 Å². The van der Waals surface area contributed by atoms with Crippen LogP contribution in [0.15, 0.2) is 36.4 Å². The first-order valence-corrected chi connectivity index (χ1v) is 7.08. The fourth-order valence-electron chi connectivity index (χ4n) is 3.44. The van der Waals surface area contributed by atoms with E-state index in [-0.39, 0.29) is 0 Å². The number of anilines is 2. The molecule has 4 rings (SSSR count). The van der Waals surface area contributed by atoms with Crippen molar-refractivity contribution in [2.75, 3.05) is 23.7 Å². The number of rotatable bonds is 1. The Kier molecular flexibility index (Phi) is 2.31. The van der Waals surface area contributed by atoms with Gasteiger partial charge < -0.3 is 10.6 Å². The Labute approximate surface area is 113 Å². The first-order valence-electron chi connectivity index (χ1n) is 7.08. The zero-order valence-electron chi connectivity index (χ0n) is 11.0. The van der Waals surface area contributed by atoms with E-state index in [1.54, 1.807) is 0 Å². The third-order valence-electron chi connectivity index (χ3n) is 4.35. The van der Waals surface area contributed by atoms with E-state index >= 15 is 0 Å². The highest BCUT2D eigenvalue weighted by atomic mass is 15.2. The monoisotopic (exact) mass is 250 g/mol. The van der Waals surface area contributed by atoms with Crippen molar-refractivity contribution in [1.82, 2.24) is 0 Å². The van der Waals surface area contributed by atoms with Gasteiger partial charge in [0.15, 0.2) is 0 Å². The second kappa shape index (κ2) is 4.02. The summed E-state index contributed by atoms with van der Waals surface area (Å²) in [6.45, 7) is 2.44. The normalized spacial score (nSPS) is 16.5. The van der Waals surface area contributed by atoms with Gasteiger partial charge in [0.1, 0.15) is 0 Å². The standard InChI is InChI=1S/C17H18N2/c18-16-5-3-12(4-6-16)15-10-13-2-1-8-19-9-7-14(11-15)17(13)19/h3-6,10-11H,1-2,7-9,18H2. The molecule has 0 fully saturated rings. The van der Waals surface area contributed by atoms with Crippen LogP contribution in [-0.4, -0.2) is 13.1 Å². The van der Waals surface area contributed by atoms with Crippen molar-refractivity contribution >= 4 is 11.4 Å². The summed E-state index contributed by atoms with van der Waals surface area (Å²) in [6, 6.07) is 13.0. The van der Waals surface area contributed by atoms with E-state index in [2.05, 4.69) is 29.2 Å². The maximum atomic E-state index is 5.77. The van der Waals surface area contributed by atoms with Crippen LogP contribution in [0.4, 0.5) is 11.4 Å². The number of nitrogen functional groups attached to an aromatic ring is 1. The molecular formula is C17H18N2. The Morgan fingerprint density at radius 2 is 1.58 bits per heavy atom. The molecule has 0 aromatic heterocycles. The summed E-state index contributed by atoms with van der Waals surface area (Å²) in [5, 5.41) is 0. The minimum atomic E-state index is 0.831. The summed E-state index contributed by atoms with van der Waals surface area (Å²) in [7, 11) is 0. The molecule has 2 heterocycles. The molecule has 2 aliphatic heterocycles. The average molecular weight is 250 g/mol. The van der Waals surface area contributed by atoms with Crippen molar-refractivity contribution in [2.24, 2.45) is 0 Å². The lowest BCUT2D eigenvalue weighted by Crippen LogP contribution is -2.26. The first-order chi connectivity index (χ1) is 9.31. The van der Waals surface area contributed by atoms with Gasteiger partial charge in [0, 0.05) is 24.5 Å². The Bertz CT molecular complexity index is 628. The van der Waals surface area contributed by atoms with Crippen LogP contribution in [-0.2, 0) is 12.8 Å². The quantitative estimate of drug-likeness (QED) is 0.787. The molecule has 0 aliphatic carbocycles. The lowest BCUT2D eigenvalue weighted by molar-refractivity contribution is 0.719. The van der Waals surface area contributed by atoms with Crippen LogP contribution in [0.1, 0.15) is 17.5 Å². The lowest BCUT2D eigenvalue weighted by atomic mass is 9.94. The van der Waals surface area contributed by atoms with Crippen molar-refractivity contribution in [1.29, 1.82) is 0 Å². The predicted molar refractivity (Wildman–Crippen MR) is 80.5 cm³/mol. The molecule has 0 spiro atoms. The van der Waals surface area contributed by atoms with Crippen LogP contribution in [0.25, 0.3) is 11.1 Å². The summed E-state index contributed by atoms with van der Waals surface area (Å²) >= 11 is 0. The van der Waals surface area contributed by atoms with Gasteiger partial charge in [0.2, 0.25) is 0 Å². The molecule has 0 saturated heterocycles. The highest BCUT2D eigenvalue weighted by Gasteiger charge is 2.25. The third kappa shape index (κ3) is 1.71. The predicted octanol–water partition coefficient (Wildman–Crippen LogP) is 3.24. The molecule has 2 aromatic rings. The largest absolute Gasteiger partial charge is 0.399 e. The van der Waals surface area contributed by atoms with Gasteiger partial charge in [-0.25, -0.2) is 0 Å². The Hall–Kier alpha value is -1.96. The molecule has 96 valence electrons. The maximum Gasteiger partial charge on any atom is 0.0432 e. The van der Waals surface area contributed by atoms with Crippen LogP contribution >= 0.6 is 0 Å². The van der Waals surface area contributed by atoms with Crippen LogP contribution < -0.4 is 10.6 Å². The number of aryl methyl sites for hydroxylation is 1. The van der Waals surface area contributed by atoms with E-state index in [0.717, 1.165) is 5.69 Å². The lowest BCUT2D eigenvalue weighted by Gasteiger charge is -2.27. The van der Waals surface area contributed by atoms with Crippen molar-refractivity contribution in [2.45, 2.75) is 19.3 Å². The average Bonchev–Trinajstić information content (AvgIpc) is 2.85. The topological polar surface area (TPSA) is 29.3 Å². The molecule has 0 radical (unpaired) electrons. The highest BCUT2D eigenvalue weighted by molar-refractivity contribution is 5.75. The van der Waals surface area contributed by atoms with Crippen molar-refractivity contribution in [3.05, 3.63) is 47.5 Å². The van der Waals surface area contributed by atoms with E-state index in [1.165, 1.54) is 60.3 Å². The molecular weight excluding hydrogens is 232 g/mol. The molecule has 2 heteroatoms. The molecule has 2 N–H and O–H groups in total. The van der Waals surface area contributed by atoms with Gasteiger partial charge in [-0.2, -0.15) is 0 Å². The molecule has 19 heavy (non-hydrogen) atoms. The van der Waals surface area contributed by atoms with Gasteiger partial charge in [-0.15, -0.1) is 0 Å². The van der Waals surface area contributed by atoms with Gasteiger partial charge in [-0.05, 0) is 65.8 Å². The van der Waals surface area contributed by atoms with Crippen LogP contribution in [0.2, 0.25) is 0 Å². The molecule has 0 bridgehead atoms. The van der Waals surface area contributed by atoms with E-state index in [1.807, 2.05) is 12.1 Å². The smallest absolute Gasteiger partial charge is 0.0432 e. The second-order valence-corrected chi connectivity index (χ2v) is 5.61. The third-order valence-corrected chi connectivity index (χ3v) is 4.35. The number of nitrogens with zero attached hydrogens (tertiary/aromatic N) is 1. The minimum Gasteiger partial charge on any atom is -0.399 e. The summed E-state index contributed by atoms with van der Waals surface area (Å²) in [5.74, 6) is 0. The fourth-order valence-corrected chi connectivity index (χ4v) is 3.44. The van der Waals surface area contributed by atoms with Gasteiger partial charge in [0.05, 0.1) is 0 Å². The zero-order valence-corrected chi connectivity index (χ0v) is 11.0. The Morgan fingerprint density at radius 1 is 0.842 bits per heavy atom. The molecule has 2 aliphatic rings. The molecule has 0 atom stereocenters. The number of hydrogen-bond acceptors (Lipinski definition) is 2. The molecule has 2 aromatic carbocycles. The van der Waals surface area contributed by atoms with Gasteiger partial charge >= 0.3 is 0 Å². The number of nitrogens with two attached hydrogens (primary N) is 1. The summed E-state index contributed by atoms with van der Waals surface area (Å²) in [4.78, 5) is 2.56. The number of benzene rings is 2. The Morgan fingerprint density at radius 3 is 2.37 bits per heavy atom. The molecule has 0 unspecified atom stereocenters. The molecule has 2 nitrogen and oxygen atoms in total. The van der Waals surface area contributed by atoms with Gasteiger partial charge in [0.25, 0.3) is 0 Å². The maximum absolute atomic E-state index is 5.77. The second-order valence-electron chi connectivity index (χ2n) is 5.61. The first kappa shape index (κ1) is 10.9. The minimum absolute atomic E-state index is 0.831. The summed E-state index contributed by atoms with van der Waals surface area (Å²) in [5.41, 5.74) is 13.8. The van der Waals surface area contributed by atoms with Crippen LogP contribution in [0.5, 0.6) is 0 Å². The van der Waals surface area contributed by atoms with Crippen molar-refractivity contribution in [3.63, 3.8) is 0 Å². The van der Waals surface area contributed by atoms with E-state index in [0.29, 0.717) is 0 Å². The SMILES string of the molecule is Nc1ccc(-c2cc3c4c(c2)CCN4CCC3)cc1. The van der Waals surface area contributed by atoms with E-state index in [9.17, 15) is 0 Å². The van der Waals surface area contributed by atoms with Crippen molar-refractivity contribution < 1.29 is 0 Å². The molecule has 0 saturated carbocycles. The Balaban J connectivity index is 1.85. The van der Waals surface area contributed by atoms with E-state index < -0.39 is 0 Å². The summed E-state index contributed by atoms with van der Waals surface area (Å²) in [6.07, 6.45) is 3.71. The van der Waals surface area contributed by atoms with Crippen LogP contribution in [0, 0.1) is 0 Å². The molecule has 0 amide bonds. The van der Waals surface area contributed by atoms with E-state index in [4.69, 9.17) is 5.73 Å².